The molecule has 0 spiro atoms. The van der Waals surface area contributed by atoms with Crippen LogP contribution < -0.4 is 5.19 Å². The summed E-state index contributed by atoms with van der Waals surface area (Å²) in [6.07, 6.45) is -4.60. The molecule has 1 aliphatic heterocycles. The van der Waals surface area contributed by atoms with Crippen molar-refractivity contribution >= 4 is 13.5 Å². The molecule has 0 saturated carbocycles. The molecule has 0 radical (unpaired) electrons. The summed E-state index contributed by atoms with van der Waals surface area (Å²) in [5.74, 6) is 0. The maximum absolute atomic E-state index is 11.7. The Morgan fingerprint density at radius 1 is 0.622 bits per heavy atom. The molecule has 0 amide bonds. The molecule has 1 N–H and O–H groups in total. The van der Waals surface area contributed by atoms with E-state index in [1.54, 1.807) is 7.11 Å². The first-order valence-corrected chi connectivity index (χ1v) is 18.4. The maximum atomic E-state index is 11.7. The summed E-state index contributed by atoms with van der Waals surface area (Å²) in [6.45, 7) is 5.28. The van der Waals surface area contributed by atoms with E-state index in [0.717, 1.165) is 21.9 Å². The van der Waals surface area contributed by atoms with Crippen molar-refractivity contribution in [3.63, 3.8) is 0 Å². The Kier molecular flexibility index (Phi) is 12.1. The van der Waals surface area contributed by atoms with Gasteiger partial charge in [-0.25, -0.2) is 0 Å². The lowest BCUT2D eigenvalue weighted by atomic mass is 9.94. The number of benzene rings is 4. The zero-order valence-electron chi connectivity index (χ0n) is 26.2. The molecule has 1 fully saturated rings. The molecule has 1 aliphatic rings. The minimum Gasteiger partial charge on any atom is -0.410 e. The van der Waals surface area contributed by atoms with Crippen LogP contribution in [0.3, 0.4) is 0 Å². The summed E-state index contributed by atoms with van der Waals surface area (Å²) in [4.78, 5) is 0. The highest BCUT2D eigenvalue weighted by Gasteiger charge is 2.51. The van der Waals surface area contributed by atoms with Crippen molar-refractivity contribution in [2.24, 2.45) is 0 Å². The van der Waals surface area contributed by atoms with Crippen molar-refractivity contribution < 1.29 is 33.2 Å². The highest BCUT2D eigenvalue weighted by Crippen LogP contribution is 2.32. The Hall–Kier alpha value is -3.18. The number of methoxy groups -OCH3 is 1. The van der Waals surface area contributed by atoms with Gasteiger partial charge in [-0.15, -0.1) is 0 Å². The second-order valence-corrected chi connectivity index (χ2v) is 15.6. The standard InChI is InChI=1S/C37H44O7Si/c1-39-37-36(42-26-30-20-12-6-13-21-30)35(41-25-29-18-10-5-11-19-29)34(40-24-28-16-8-4-9-17-28)33(44-37)32(38)27-43-45(2,3)31-22-14-7-15-23-31/h4-23,32-38H,24-27H2,1-3H3/t32-,33+,34+,35+,36+,37+/m0/s1. The molecule has 0 aliphatic carbocycles. The lowest BCUT2D eigenvalue weighted by molar-refractivity contribution is -0.330. The largest absolute Gasteiger partial charge is 0.410 e. The van der Waals surface area contributed by atoms with Gasteiger partial charge in [-0.1, -0.05) is 121 Å². The van der Waals surface area contributed by atoms with Crippen LogP contribution in [0.2, 0.25) is 13.1 Å². The quantitative estimate of drug-likeness (QED) is 0.172. The van der Waals surface area contributed by atoms with Crippen molar-refractivity contribution in [2.45, 2.75) is 69.7 Å². The van der Waals surface area contributed by atoms with Gasteiger partial charge in [0.15, 0.2) is 6.29 Å². The van der Waals surface area contributed by atoms with E-state index in [2.05, 4.69) is 25.2 Å². The Bertz CT molecular complexity index is 1390. The van der Waals surface area contributed by atoms with E-state index in [9.17, 15) is 5.11 Å². The van der Waals surface area contributed by atoms with E-state index in [0.29, 0.717) is 19.8 Å². The first-order valence-electron chi connectivity index (χ1n) is 15.5. The lowest BCUT2D eigenvalue weighted by Gasteiger charge is -2.47. The molecule has 7 nitrogen and oxygen atoms in total. The molecule has 0 bridgehead atoms. The third-order valence-corrected chi connectivity index (χ3v) is 10.7. The fraction of sp³-hybridized carbons (Fsp3) is 0.351. The molecule has 4 aromatic rings. The predicted octanol–water partition coefficient (Wildman–Crippen LogP) is 5.60. The van der Waals surface area contributed by atoms with Gasteiger partial charge in [0.1, 0.15) is 30.5 Å². The Morgan fingerprint density at radius 3 is 1.51 bits per heavy atom. The van der Waals surface area contributed by atoms with Crippen LogP contribution in [0.1, 0.15) is 16.7 Å². The normalized spacial score (nSPS) is 22.6. The van der Waals surface area contributed by atoms with Crippen LogP contribution in [0.4, 0.5) is 0 Å². The smallest absolute Gasteiger partial charge is 0.218 e. The van der Waals surface area contributed by atoms with E-state index >= 15 is 0 Å². The molecule has 0 unspecified atom stereocenters. The molecule has 5 rings (SSSR count). The summed E-state index contributed by atoms with van der Waals surface area (Å²) < 4.78 is 38.5. The van der Waals surface area contributed by atoms with Gasteiger partial charge in [-0.3, -0.25) is 0 Å². The minimum atomic E-state index is -2.31. The number of hydrogen-bond acceptors (Lipinski definition) is 7. The fourth-order valence-electron chi connectivity index (χ4n) is 5.50. The number of ether oxygens (including phenoxy) is 5. The minimum absolute atomic E-state index is 0.0708. The Labute approximate surface area is 267 Å². The zero-order chi connectivity index (χ0) is 31.5. The first kappa shape index (κ1) is 33.2. The molecule has 238 valence electrons. The van der Waals surface area contributed by atoms with Gasteiger partial charge in [0, 0.05) is 7.11 Å². The van der Waals surface area contributed by atoms with E-state index in [4.69, 9.17) is 28.1 Å². The van der Waals surface area contributed by atoms with Crippen molar-refractivity contribution in [3.8, 4) is 0 Å². The van der Waals surface area contributed by atoms with Crippen molar-refractivity contribution in [3.05, 3.63) is 138 Å². The molecule has 1 heterocycles. The molecule has 4 aromatic carbocycles. The molecular weight excluding hydrogens is 584 g/mol. The van der Waals surface area contributed by atoms with Crippen molar-refractivity contribution in [2.75, 3.05) is 13.7 Å². The number of rotatable bonds is 15. The SMILES string of the molecule is CO[C@@H]1O[C@H]([C@@H](O)CO[Si](C)(C)c2ccccc2)[C@@H](OCc2ccccc2)[C@@H](OCc2ccccc2)[C@H]1OCc1ccccc1. The number of hydrogen-bond donors (Lipinski definition) is 1. The average molecular weight is 629 g/mol. The number of aliphatic hydroxyl groups is 1. The highest BCUT2D eigenvalue weighted by atomic mass is 28.4. The highest BCUT2D eigenvalue weighted by molar-refractivity contribution is 6.84. The third-order valence-electron chi connectivity index (χ3n) is 8.08. The van der Waals surface area contributed by atoms with E-state index < -0.39 is 45.1 Å². The average Bonchev–Trinajstić information content (AvgIpc) is 3.09. The van der Waals surface area contributed by atoms with Crippen molar-refractivity contribution in [1.29, 1.82) is 0 Å². The molecule has 8 heteroatoms. The summed E-state index contributed by atoms with van der Waals surface area (Å²) in [5, 5.41) is 12.8. The van der Waals surface area contributed by atoms with E-state index in [-0.39, 0.29) is 6.61 Å². The van der Waals surface area contributed by atoms with Crippen LogP contribution in [0.25, 0.3) is 0 Å². The predicted molar refractivity (Wildman–Crippen MR) is 176 cm³/mol. The Morgan fingerprint density at radius 2 is 1.04 bits per heavy atom. The summed E-state index contributed by atoms with van der Waals surface area (Å²) >= 11 is 0. The van der Waals surface area contributed by atoms with Crippen LogP contribution >= 0.6 is 0 Å². The van der Waals surface area contributed by atoms with E-state index in [1.165, 1.54) is 0 Å². The topological polar surface area (TPSA) is 75.6 Å². The first-order chi connectivity index (χ1) is 21.9. The number of aliphatic hydroxyl groups excluding tert-OH is 1. The second-order valence-electron chi connectivity index (χ2n) is 11.7. The molecular formula is C37H44O7Si. The molecule has 0 aromatic heterocycles. The van der Waals surface area contributed by atoms with Crippen LogP contribution in [-0.4, -0.2) is 64.0 Å². The van der Waals surface area contributed by atoms with Gasteiger partial charge in [0.25, 0.3) is 0 Å². The maximum Gasteiger partial charge on any atom is 0.218 e. The fourth-order valence-corrected chi connectivity index (χ4v) is 7.25. The van der Waals surface area contributed by atoms with Crippen LogP contribution in [0.5, 0.6) is 0 Å². The van der Waals surface area contributed by atoms with Crippen LogP contribution in [-0.2, 0) is 47.9 Å². The molecule has 45 heavy (non-hydrogen) atoms. The third kappa shape index (κ3) is 9.19. The van der Waals surface area contributed by atoms with Gasteiger partial charge < -0.3 is 33.2 Å². The summed E-state index contributed by atoms with van der Waals surface area (Å²) in [7, 11) is -0.730. The van der Waals surface area contributed by atoms with E-state index in [1.807, 2.05) is 109 Å². The van der Waals surface area contributed by atoms with Gasteiger partial charge in [-0.05, 0) is 35.0 Å². The van der Waals surface area contributed by atoms with Crippen molar-refractivity contribution in [1.82, 2.24) is 0 Å². The summed E-state index contributed by atoms with van der Waals surface area (Å²) in [5.41, 5.74) is 3.02. The van der Waals surface area contributed by atoms with Gasteiger partial charge in [-0.2, -0.15) is 0 Å². The molecule has 1 saturated heterocycles. The van der Waals surface area contributed by atoms with Crippen LogP contribution in [0, 0.1) is 0 Å². The monoisotopic (exact) mass is 628 g/mol. The summed E-state index contributed by atoms with van der Waals surface area (Å²) in [6, 6.07) is 40.0. The lowest BCUT2D eigenvalue weighted by Crippen LogP contribution is -2.64. The zero-order valence-corrected chi connectivity index (χ0v) is 27.2. The van der Waals surface area contributed by atoms with Crippen LogP contribution in [0.15, 0.2) is 121 Å². The van der Waals surface area contributed by atoms with Gasteiger partial charge in [0.05, 0.1) is 26.4 Å². The van der Waals surface area contributed by atoms with Gasteiger partial charge in [0.2, 0.25) is 8.32 Å². The van der Waals surface area contributed by atoms with Gasteiger partial charge >= 0.3 is 0 Å². The Balaban J connectivity index is 1.42. The second kappa shape index (κ2) is 16.4. The molecule has 6 atom stereocenters.